The number of hydrogen-bond acceptors (Lipinski definition) is 4. The zero-order chi connectivity index (χ0) is 16.4. The highest BCUT2D eigenvalue weighted by Gasteiger charge is 2.46. The van der Waals surface area contributed by atoms with Crippen LogP contribution in [0.5, 0.6) is 0 Å². The molecule has 4 atom stereocenters. The van der Waals surface area contributed by atoms with Gasteiger partial charge in [-0.05, 0) is 25.2 Å². The largest absolute Gasteiger partial charge is 0.447 e. The molecule has 2 fully saturated rings. The summed E-state index contributed by atoms with van der Waals surface area (Å²) in [5, 5.41) is 2.73. The topological polar surface area (TPSA) is 75.7 Å². The molecule has 1 unspecified atom stereocenters. The van der Waals surface area contributed by atoms with Crippen LogP contribution in [0.4, 0.5) is 4.79 Å². The number of nitrogens with zero attached hydrogens (tertiary/aromatic N) is 1. The number of rotatable bonds is 4. The lowest BCUT2D eigenvalue weighted by Crippen LogP contribution is -2.45. The number of ether oxygens (including phenoxy) is 1. The normalized spacial score (nSPS) is 33.0. The van der Waals surface area contributed by atoms with E-state index in [1.165, 1.54) is 4.90 Å². The van der Waals surface area contributed by atoms with Gasteiger partial charge in [0.25, 0.3) is 0 Å². The Hall–Kier alpha value is -2.11. The third-order valence-corrected chi connectivity index (χ3v) is 4.92. The van der Waals surface area contributed by atoms with Gasteiger partial charge in [-0.3, -0.25) is 9.59 Å². The van der Waals surface area contributed by atoms with E-state index in [0.29, 0.717) is 25.3 Å². The third kappa shape index (κ3) is 3.02. The lowest BCUT2D eigenvalue weighted by molar-refractivity contribution is -0.136. The van der Waals surface area contributed by atoms with E-state index in [4.69, 9.17) is 4.74 Å². The molecule has 2 saturated heterocycles. The molecule has 23 heavy (non-hydrogen) atoms. The molecule has 0 aromatic carbocycles. The van der Waals surface area contributed by atoms with Gasteiger partial charge in [0.1, 0.15) is 6.61 Å². The Morgan fingerprint density at radius 2 is 2.22 bits per heavy atom. The van der Waals surface area contributed by atoms with E-state index >= 15 is 0 Å². The average molecular weight is 318 g/mol. The molecule has 3 aliphatic rings. The van der Waals surface area contributed by atoms with E-state index in [-0.39, 0.29) is 30.4 Å². The van der Waals surface area contributed by atoms with Crippen LogP contribution in [-0.2, 0) is 14.3 Å². The zero-order valence-electron chi connectivity index (χ0n) is 13.2. The van der Waals surface area contributed by atoms with Gasteiger partial charge in [0, 0.05) is 6.54 Å². The van der Waals surface area contributed by atoms with Crippen LogP contribution in [0.15, 0.2) is 24.3 Å². The summed E-state index contributed by atoms with van der Waals surface area (Å²) in [7, 11) is 0. The minimum Gasteiger partial charge on any atom is -0.447 e. The molecule has 2 heterocycles. The monoisotopic (exact) mass is 318 g/mol. The molecule has 0 radical (unpaired) electrons. The predicted octanol–water partition coefficient (Wildman–Crippen LogP) is 1.63. The maximum Gasteiger partial charge on any atom is 0.416 e. The molecule has 1 aliphatic carbocycles. The molecule has 2 aliphatic heterocycles. The van der Waals surface area contributed by atoms with Crippen LogP contribution < -0.4 is 5.32 Å². The van der Waals surface area contributed by atoms with Crippen LogP contribution in [0.3, 0.4) is 0 Å². The minimum absolute atomic E-state index is 0.102. The molecule has 6 heteroatoms. The first kappa shape index (κ1) is 15.8. The molecule has 0 aromatic rings. The van der Waals surface area contributed by atoms with E-state index in [0.717, 1.165) is 6.42 Å². The summed E-state index contributed by atoms with van der Waals surface area (Å²) in [5.74, 6) is -0.898. The van der Waals surface area contributed by atoms with Gasteiger partial charge in [-0.1, -0.05) is 31.2 Å². The standard InChI is InChI=1S/C17H22N2O4/c1-2-13-14(9-18-15(13)20)16(21)19-12(10-23-17(19)22)8-11-6-4-3-5-7-11/h3-6,11-14H,2,7-10H2,1H3,(H,18,20)/t11?,12-,13+,14-/m1/s1. The van der Waals surface area contributed by atoms with Crippen molar-refractivity contribution in [3.8, 4) is 0 Å². The Labute approximate surface area is 135 Å². The molecular weight excluding hydrogens is 296 g/mol. The highest BCUT2D eigenvalue weighted by molar-refractivity contribution is 5.98. The maximum atomic E-state index is 12.8. The van der Waals surface area contributed by atoms with E-state index in [1.807, 2.05) is 19.1 Å². The zero-order valence-corrected chi connectivity index (χ0v) is 13.2. The number of nitrogens with one attached hydrogen (secondary N) is 1. The summed E-state index contributed by atoms with van der Waals surface area (Å²) >= 11 is 0. The van der Waals surface area contributed by atoms with Crippen molar-refractivity contribution < 1.29 is 19.1 Å². The van der Waals surface area contributed by atoms with E-state index in [9.17, 15) is 14.4 Å². The highest BCUT2D eigenvalue weighted by atomic mass is 16.6. The van der Waals surface area contributed by atoms with Gasteiger partial charge >= 0.3 is 6.09 Å². The number of cyclic esters (lactones) is 1. The van der Waals surface area contributed by atoms with Crippen LogP contribution in [0.25, 0.3) is 0 Å². The van der Waals surface area contributed by atoms with E-state index in [1.54, 1.807) is 0 Å². The molecule has 3 amide bonds. The Morgan fingerprint density at radius 3 is 2.91 bits per heavy atom. The Kier molecular flexibility index (Phi) is 4.50. The minimum atomic E-state index is -0.579. The van der Waals surface area contributed by atoms with Crippen LogP contribution in [0.1, 0.15) is 26.2 Å². The molecule has 3 rings (SSSR count). The fourth-order valence-electron chi connectivity index (χ4n) is 3.63. The van der Waals surface area contributed by atoms with Crippen molar-refractivity contribution in [2.75, 3.05) is 13.2 Å². The Bertz CT molecular complexity index is 569. The summed E-state index contributed by atoms with van der Waals surface area (Å²) in [5.41, 5.74) is 0. The molecule has 6 nitrogen and oxygen atoms in total. The van der Waals surface area contributed by atoms with Crippen LogP contribution in [0, 0.1) is 17.8 Å². The van der Waals surface area contributed by atoms with Crippen molar-refractivity contribution in [2.24, 2.45) is 17.8 Å². The van der Waals surface area contributed by atoms with Crippen molar-refractivity contribution in [2.45, 2.75) is 32.2 Å². The number of allylic oxidation sites excluding steroid dienone is 4. The number of imide groups is 1. The summed E-state index contributed by atoms with van der Waals surface area (Å²) < 4.78 is 5.11. The lowest BCUT2D eigenvalue weighted by atomic mass is 9.90. The van der Waals surface area contributed by atoms with Gasteiger partial charge in [-0.2, -0.15) is 0 Å². The summed E-state index contributed by atoms with van der Waals surface area (Å²) in [6.45, 7) is 2.43. The summed E-state index contributed by atoms with van der Waals surface area (Å²) in [6, 6.07) is -0.246. The van der Waals surface area contributed by atoms with Gasteiger partial charge in [-0.25, -0.2) is 9.69 Å². The van der Waals surface area contributed by atoms with E-state index < -0.39 is 12.0 Å². The number of carbonyl (C=O) groups is 3. The van der Waals surface area contributed by atoms with Crippen LogP contribution in [0.2, 0.25) is 0 Å². The fraction of sp³-hybridized carbons (Fsp3) is 0.588. The van der Waals surface area contributed by atoms with Gasteiger partial charge in [0.15, 0.2) is 0 Å². The first-order valence-corrected chi connectivity index (χ1v) is 8.22. The second kappa shape index (κ2) is 6.56. The second-order valence-corrected chi connectivity index (χ2v) is 6.35. The summed E-state index contributed by atoms with van der Waals surface area (Å²) in [4.78, 5) is 37.9. The number of hydrogen-bond donors (Lipinski definition) is 1. The molecular formula is C17H22N2O4. The van der Waals surface area contributed by atoms with Crippen molar-refractivity contribution in [3.63, 3.8) is 0 Å². The van der Waals surface area contributed by atoms with Gasteiger partial charge < -0.3 is 10.1 Å². The Morgan fingerprint density at radius 1 is 1.39 bits per heavy atom. The van der Waals surface area contributed by atoms with Crippen molar-refractivity contribution in [1.29, 1.82) is 0 Å². The van der Waals surface area contributed by atoms with Crippen molar-refractivity contribution in [3.05, 3.63) is 24.3 Å². The van der Waals surface area contributed by atoms with Gasteiger partial charge in [0.2, 0.25) is 11.8 Å². The molecule has 124 valence electrons. The quantitative estimate of drug-likeness (QED) is 0.855. The molecule has 1 N–H and O–H groups in total. The molecule has 0 aromatic heterocycles. The first-order chi connectivity index (χ1) is 11.1. The lowest BCUT2D eigenvalue weighted by Gasteiger charge is -2.26. The van der Waals surface area contributed by atoms with Gasteiger partial charge in [-0.15, -0.1) is 0 Å². The van der Waals surface area contributed by atoms with Crippen molar-refractivity contribution >= 4 is 17.9 Å². The number of amides is 3. The first-order valence-electron chi connectivity index (χ1n) is 8.22. The van der Waals surface area contributed by atoms with Crippen molar-refractivity contribution in [1.82, 2.24) is 10.2 Å². The Balaban J connectivity index is 1.71. The smallest absolute Gasteiger partial charge is 0.416 e. The molecule has 0 spiro atoms. The molecule has 0 bridgehead atoms. The third-order valence-electron chi connectivity index (χ3n) is 4.92. The second-order valence-electron chi connectivity index (χ2n) is 6.35. The predicted molar refractivity (Wildman–Crippen MR) is 83.3 cm³/mol. The van der Waals surface area contributed by atoms with E-state index in [2.05, 4.69) is 17.5 Å². The SMILES string of the molecule is CC[C@@H]1C(=O)NC[C@H]1C(=O)N1C(=O)OC[C@H]1CC1C=CC=CC1. The maximum absolute atomic E-state index is 12.8. The fourth-order valence-corrected chi connectivity index (χ4v) is 3.63. The van der Waals surface area contributed by atoms with Gasteiger partial charge in [0.05, 0.1) is 17.9 Å². The summed E-state index contributed by atoms with van der Waals surface area (Å²) in [6.07, 6.45) is 9.79. The molecule has 0 saturated carbocycles. The average Bonchev–Trinajstić information content (AvgIpc) is 3.10. The number of carbonyl (C=O) groups excluding carboxylic acids is 3. The van der Waals surface area contributed by atoms with Crippen LogP contribution >= 0.6 is 0 Å². The highest BCUT2D eigenvalue weighted by Crippen LogP contribution is 2.29. The van der Waals surface area contributed by atoms with Crippen LogP contribution in [-0.4, -0.2) is 42.0 Å².